The second kappa shape index (κ2) is 16.4. The smallest absolute Gasteiger partial charge is 0.220 e. The molecule has 170 valence electrons. The number of nitrogens with zero attached hydrogens (tertiary/aromatic N) is 1. The van der Waals surface area contributed by atoms with E-state index in [2.05, 4.69) is 47.5 Å². The van der Waals surface area contributed by atoms with Gasteiger partial charge in [-0.25, -0.2) is 0 Å². The fourth-order valence-electron chi connectivity index (χ4n) is 4.50. The standard InChI is InChI=1S/C27H46N2O/c1-2-3-4-5-6-7-8-9-10-11-12-16-19-27(30)28-26-20-22-29(23-21-26)24-25-17-14-13-15-18-25/h13-15,17-18,26H,2-12,16,19-24H2,1H3,(H,28,30). The molecule has 2 rings (SSSR count). The Labute approximate surface area is 186 Å². The van der Waals surface area contributed by atoms with Gasteiger partial charge >= 0.3 is 0 Å². The van der Waals surface area contributed by atoms with Crippen molar-refractivity contribution in [2.45, 2.75) is 116 Å². The van der Waals surface area contributed by atoms with Crippen LogP contribution in [0.15, 0.2) is 30.3 Å². The maximum absolute atomic E-state index is 12.2. The molecular weight excluding hydrogens is 368 g/mol. The van der Waals surface area contributed by atoms with Crippen LogP contribution in [0.5, 0.6) is 0 Å². The van der Waals surface area contributed by atoms with Gasteiger partial charge in [-0.3, -0.25) is 9.69 Å². The van der Waals surface area contributed by atoms with Gasteiger partial charge in [-0.15, -0.1) is 0 Å². The Morgan fingerprint density at radius 1 is 0.833 bits per heavy atom. The Bertz CT molecular complexity index is 537. The van der Waals surface area contributed by atoms with Gasteiger partial charge in [0.1, 0.15) is 0 Å². The van der Waals surface area contributed by atoms with Crippen molar-refractivity contribution < 1.29 is 4.79 Å². The zero-order valence-electron chi connectivity index (χ0n) is 19.5. The lowest BCUT2D eigenvalue weighted by atomic mass is 10.0. The maximum atomic E-state index is 12.2. The summed E-state index contributed by atoms with van der Waals surface area (Å²) in [5.41, 5.74) is 1.38. The fraction of sp³-hybridized carbons (Fsp3) is 0.741. The van der Waals surface area contributed by atoms with E-state index in [1.807, 2.05) is 0 Å². The van der Waals surface area contributed by atoms with Gasteiger partial charge in [-0.1, -0.05) is 108 Å². The van der Waals surface area contributed by atoms with E-state index >= 15 is 0 Å². The third kappa shape index (κ3) is 11.7. The summed E-state index contributed by atoms with van der Waals surface area (Å²) in [6.45, 7) is 5.47. The summed E-state index contributed by atoms with van der Waals surface area (Å²) in [7, 11) is 0. The minimum Gasteiger partial charge on any atom is -0.353 e. The summed E-state index contributed by atoms with van der Waals surface area (Å²) in [6.07, 6.45) is 19.0. The average molecular weight is 415 g/mol. The first-order valence-corrected chi connectivity index (χ1v) is 12.8. The third-order valence-corrected chi connectivity index (χ3v) is 6.46. The number of benzene rings is 1. The lowest BCUT2D eigenvalue weighted by Crippen LogP contribution is -2.44. The van der Waals surface area contributed by atoms with E-state index in [9.17, 15) is 4.79 Å². The second-order valence-electron chi connectivity index (χ2n) is 9.24. The zero-order valence-corrected chi connectivity index (χ0v) is 19.5. The number of nitrogens with one attached hydrogen (secondary N) is 1. The van der Waals surface area contributed by atoms with Crippen LogP contribution in [0.3, 0.4) is 0 Å². The first-order chi connectivity index (χ1) is 14.8. The van der Waals surface area contributed by atoms with Crippen LogP contribution in [-0.2, 0) is 11.3 Å². The molecule has 1 heterocycles. The molecule has 1 aromatic rings. The van der Waals surface area contributed by atoms with Crippen molar-refractivity contribution in [2.24, 2.45) is 0 Å². The van der Waals surface area contributed by atoms with Crippen LogP contribution in [0.25, 0.3) is 0 Å². The van der Waals surface area contributed by atoms with Crippen molar-refractivity contribution in [2.75, 3.05) is 13.1 Å². The molecule has 0 unspecified atom stereocenters. The van der Waals surface area contributed by atoms with E-state index in [1.54, 1.807) is 0 Å². The summed E-state index contributed by atoms with van der Waals surface area (Å²) < 4.78 is 0. The number of amides is 1. The molecule has 0 atom stereocenters. The molecule has 3 nitrogen and oxygen atoms in total. The van der Waals surface area contributed by atoms with Gasteiger partial charge in [-0.05, 0) is 24.8 Å². The molecule has 3 heteroatoms. The highest BCUT2D eigenvalue weighted by Gasteiger charge is 2.20. The van der Waals surface area contributed by atoms with Crippen LogP contribution >= 0.6 is 0 Å². The predicted molar refractivity (Wildman–Crippen MR) is 129 cm³/mol. The highest BCUT2D eigenvalue weighted by molar-refractivity contribution is 5.76. The van der Waals surface area contributed by atoms with Crippen molar-refractivity contribution in [3.63, 3.8) is 0 Å². The summed E-state index contributed by atoms with van der Waals surface area (Å²) in [6, 6.07) is 11.1. The van der Waals surface area contributed by atoms with Crippen molar-refractivity contribution in [1.82, 2.24) is 10.2 Å². The maximum Gasteiger partial charge on any atom is 0.220 e. The lowest BCUT2D eigenvalue weighted by Gasteiger charge is -2.32. The Morgan fingerprint density at radius 3 is 1.93 bits per heavy atom. The molecule has 1 fully saturated rings. The first-order valence-electron chi connectivity index (χ1n) is 12.8. The average Bonchev–Trinajstić information content (AvgIpc) is 2.76. The largest absolute Gasteiger partial charge is 0.353 e. The van der Waals surface area contributed by atoms with Crippen molar-refractivity contribution in [3.05, 3.63) is 35.9 Å². The summed E-state index contributed by atoms with van der Waals surface area (Å²) in [5.74, 6) is 0.267. The van der Waals surface area contributed by atoms with E-state index < -0.39 is 0 Å². The Kier molecular flexibility index (Phi) is 13.6. The molecule has 0 aromatic heterocycles. The first kappa shape index (κ1) is 24.9. The number of carbonyl (C=O) groups excluding carboxylic acids is 1. The molecule has 0 radical (unpaired) electrons. The summed E-state index contributed by atoms with van der Waals surface area (Å²) in [4.78, 5) is 14.7. The van der Waals surface area contributed by atoms with E-state index in [0.717, 1.165) is 38.9 Å². The van der Waals surface area contributed by atoms with E-state index in [0.29, 0.717) is 12.5 Å². The highest BCUT2D eigenvalue weighted by Crippen LogP contribution is 2.15. The number of unbranched alkanes of at least 4 members (excludes halogenated alkanes) is 11. The zero-order chi connectivity index (χ0) is 21.3. The molecule has 1 aromatic carbocycles. The number of hydrogen-bond donors (Lipinski definition) is 1. The third-order valence-electron chi connectivity index (χ3n) is 6.46. The normalized spacial score (nSPS) is 15.4. The van der Waals surface area contributed by atoms with Crippen LogP contribution < -0.4 is 5.32 Å². The number of piperidine rings is 1. The van der Waals surface area contributed by atoms with Crippen molar-refractivity contribution in [1.29, 1.82) is 0 Å². The Morgan fingerprint density at radius 2 is 1.37 bits per heavy atom. The molecule has 1 N–H and O–H groups in total. The number of hydrogen-bond acceptors (Lipinski definition) is 2. The molecule has 1 aliphatic heterocycles. The van der Waals surface area contributed by atoms with Gasteiger partial charge in [0.2, 0.25) is 5.91 Å². The molecule has 0 saturated carbocycles. The number of likely N-dealkylation sites (tertiary alicyclic amines) is 1. The van der Waals surface area contributed by atoms with Crippen molar-refractivity contribution >= 4 is 5.91 Å². The summed E-state index contributed by atoms with van der Waals surface area (Å²) in [5, 5.41) is 3.28. The van der Waals surface area contributed by atoms with Crippen molar-refractivity contribution in [3.8, 4) is 0 Å². The number of carbonyl (C=O) groups is 1. The number of rotatable bonds is 16. The Hall–Kier alpha value is -1.35. The second-order valence-corrected chi connectivity index (χ2v) is 9.24. The van der Waals surface area contributed by atoms with Gasteiger partial charge in [0.25, 0.3) is 0 Å². The van der Waals surface area contributed by atoms with Crippen LogP contribution in [0.4, 0.5) is 0 Å². The van der Waals surface area contributed by atoms with Crippen LogP contribution in [0, 0.1) is 0 Å². The van der Waals surface area contributed by atoms with Gasteiger partial charge in [0, 0.05) is 32.1 Å². The van der Waals surface area contributed by atoms with Crippen LogP contribution in [0.1, 0.15) is 109 Å². The molecule has 1 aliphatic rings. The minimum atomic E-state index is 0.267. The molecule has 0 aliphatic carbocycles. The molecule has 0 spiro atoms. The van der Waals surface area contributed by atoms with Crippen LogP contribution in [0.2, 0.25) is 0 Å². The molecule has 30 heavy (non-hydrogen) atoms. The van der Waals surface area contributed by atoms with Gasteiger partial charge < -0.3 is 5.32 Å². The quantitative estimate of drug-likeness (QED) is 0.300. The van der Waals surface area contributed by atoms with Crippen LogP contribution in [-0.4, -0.2) is 29.9 Å². The SMILES string of the molecule is CCCCCCCCCCCCCCC(=O)NC1CCN(Cc2ccccc2)CC1. The Balaban J connectivity index is 1.39. The van der Waals surface area contributed by atoms with E-state index in [1.165, 1.54) is 76.2 Å². The fourth-order valence-corrected chi connectivity index (χ4v) is 4.50. The van der Waals surface area contributed by atoms with E-state index in [-0.39, 0.29) is 5.91 Å². The topological polar surface area (TPSA) is 32.3 Å². The van der Waals surface area contributed by atoms with E-state index in [4.69, 9.17) is 0 Å². The molecule has 0 bridgehead atoms. The monoisotopic (exact) mass is 414 g/mol. The van der Waals surface area contributed by atoms with Gasteiger partial charge in [-0.2, -0.15) is 0 Å². The predicted octanol–water partition coefficient (Wildman–Crippen LogP) is 6.86. The highest BCUT2D eigenvalue weighted by atomic mass is 16.1. The molecule has 1 saturated heterocycles. The van der Waals surface area contributed by atoms with Gasteiger partial charge in [0.15, 0.2) is 0 Å². The molecular formula is C27H46N2O. The summed E-state index contributed by atoms with van der Waals surface area (Å²) >= 11 is 0. The lowest BCUT2D eigenvalue weighted by molar-refractivity contribution is -0.122. The minimum absolute atomic E-state index is 0.267. The van der Waals surface area contributed by atoms with Gasteiger partial charge in [0.05, 0.1) is 0 Å². The molecule has 1 amide bonds.